The number of rotatable bonds is 7. The smallest absolute Gasteiger partial charge is 0.330 e. The Bertz CT molecular complexity index is 995. The lowest BCUT2D eigenvalue weighted by Crippen LogP contribution is -2.54. The molecule has 1 aromatic heterocycles. The van der Waals surface area contributed by atoms with Crippen LogP contribution in [0, 0.1) is 6.92 Å². The Morgan fingerprint density at radius 3 is 2.47 bits per heavy atom. The van der Waals surface area contributed by atoms with Gasteiger partial charge in [-0.05, 0) is 25.1 Å². The first-order valence-corrected chi connectivity index (χ1v) is 14.4. The third-order valence-electron chi connectivity index (χ3n) is 5.86. The lowest BCUT2D eigenvalue weighted by atomic mass is 9.99. The molecular weight excluding hydrogens is 432 g/mol. The Morgan fingerprint density at radius 2 is 1.97 bits per heavy atom. The van der Waals surface area contributed by atoms with Crippen LogP contribution in [0.25, 0.3) is 0 Å². The number of ether oxygens (including phenoxy) is 1. The minimum atomic E-state index is -3.81. The van der Waals surface area contributed by atoms with Gasteiger partial charge in [0, 0.05) is 18.2 Å². The van der Waals surface area contributed by atoms with E-state index in [0.717, 1.165) is 6.26 Å². The SMILES string of the molecule is Cc1cn([C@H]2C[C@H](O[Si](C)(C)C(C)(C)C)[C@](CO)(COS(C)(=O)=O)O2)c(=O)[nH]c1=O. The van der Waals surface area contributed by atoms with Crippen LogP contribution in [0.2, 0.25) is 18.1 Å². The van der Waals surface area contributed by atoms with Crippen LogP contribution in [0.5, 0.6) is 0 Å². The molecule has 1 fully saturated rings. The molecular formula is C18H32N2O8SSi. The molecule has 0 unspecified atom stereocenters. The van der Waals surface area contributed by atoms with E-state index >= 15 is 0 Å². The molecule has 3 atom stereocenters. The summed E-state index contributed by atoms with van der Waals surface area (Å²) < 4.78 is 41.9. The number of aryl methyl sites for hydroxylation is 1. The molecule has 10 nitrogen and oxygen atoms in total. The van der Waals surface area contributed by atoms with E-state index in [1.165, 1.54) is 10.8 Å². The van der Waals surface area contributed by atoms with E-state index in [1.807, 2.05) is 13.1 Å². The second-order valence-corrected chi connectivity index (χ2v) is 15.7. The first kappa shape index (κ1) is 25.0. The number of nitrogens with one attached hydrogen (secondary N) is 1. The van der Waals surface area contributed by atoms with Crippen molar-refractivity contribution in [3.63, 3.8) is 0 Å². The van der Waals surface area contributed by atoms with Gasteiger partial charge in [-0.15, -0.1) is 0 Å². The van der Waals surface area contributed by atoms with Crippen LogP contribution in [0.4, 0.5) is 0 Å². The van der Waals surface area contributed by atoms with Gasteiger partial charge in [0.05, 0.1) is 19.0 Å². The molecule has 1 saturated heterocycles. The Morgan fingerprint density at radius 1 is 1.37 bits per heavy atom. The van der Waals surface area contributed by atoms with Crippen molar-refractivity contribution < 1.29 is 26.9 Å². The number of hydrogen-bond donors (Lipinski definition) is 2. The molecule has 0 aliphatic carbocycles. The largest absolute Gasteiger partial charge is 0.411 e. The Balaban J connectivity index is 2.49. The standard InChI is InChI=1S/C18H32N2O8SSi/c1-12-9-20(16(23)19-15(12)22)14-8-13(28-30(6,7)17(2,3)4)18(10-21,27-14)11-26-29(5,24)25/h9,13-14,21H,8,10-11H2,1-7H3,(H,19,22,23)/t13-,14+,18-/m0/s1. The van der Waals surface area contributed by atoms with Crippen molar-refractivity contribution in [2.24, 2.45) is 0 Å². The third kappa shape index (κ3) is 5.29. The summed E-state index contributed by atoms with van der Waals surface area (Å²) in [6.45, 7) is 10.7. The number of aromatic amines is 1. The maximum Gasteiger partial charge on any atom is 0.330 e. The van der Waals surface area contributed by atoms with Gasteiger partial charge in [0.15, 0.2) is 8.32 Å². The van der Waals surface area contributed by atoms with Crippen molar-refractivity contribution in [3.8, 4) is 0 Å². The zero-order valence-electron chi connectivity index (χ0n) is 18.5. The van der Waals surface area contributed by atoms with Gasteiger partial charge < -0.3 is 14.3 Å². The van der Waals surface area contributed by atoms with E-state index in [0.29, 0.717) is 5.56 Å². The van der Waals surface area contributed by atoms with E-state index in [9.17, 15) is 23.1 Å². The Hall–Kier alpha value is -1.31. The van der Waals surface area contributed by atoms with Crippen molar-refractivity contribution in [1.29, 1.82) is 0 Å². The highest BCUT2D eigenvalue weighted by Crippen LogP contribution is 2.44. The van der Waals surface area contributed by atoms with Gasteiger partial charge in [0.2, 0.25) is 0 Å². The fourth-order valence-corrected chi connectivity index (χ4v) is 4.76. The highest BCUT2D eigenvalue weighted by molar-refractivity contribution is 7.85. The van der Waals surface area contributed by atoms with Gasteiger partial charge in [-0.25, -0.2) is 4.79 Å². The summed E-state index contributed by atoms with van der Waals surface area (Å²) in [5.41, 5.74) is -2.35. The van der Waals surface area contributed by atoms with Crippen molar-refractivity contribution in [1.82, 2.24) is 9.55 Å². The topological polar surface area (TPSA) is 137 Å². The van der Waals surface area contributed by atoms with Crippen molar-refractivity contribution in [2.45, 2.75) is 70.2 Å². The Kier molecular flexibility index (Phi) is 6.92. The molecule has 30 heavy (non-hydrogen) atoms. The fourth-order valence-electron chi connectivity index (χ4n) is 2.97. The van der Waals surface area contributed by atoms with Crippen LogP contribution in [0.1, 0.15) is 39.0 Å². The zero-order valence-corrected chi connectivity index (χ0v) is 20.3. The maximum absolute atomic E-state index is 12.4. The van der Waals surface area contributed by atoms with Crippen LogP contribution in [0.3, 0.4) is 0 Å². The van der Waals surface area contributed by atoms with Gasteiger partial charge in [-0.3, -0.25) is 18.5 Å². The van der Waals surface area contributed by atoms with Gasteiger partial charge in [0.25, 0.3) is 15.7 Å². The number of nitrogens with zero attached hydrogens (tertiary/aromatic N) is 1. The summed E-state index contributed by atoms with van der Waals surface area (Å²) in [5.74, 6) is 0. The first-order chi connectivity index (χ1) is 13.5. The van der Waals surface area contributed by atoms with E-state index in [4.69, 9.17) is 13.3 Å². The van der Waals surface area contributed by atoms with E-state index in [-0.39, 0.29) is 11.5 Å². The average Bonchev–Trinajstić information content (AvgIpc) is 2.93. The molecule has 0 aromatic carbocycles. The predicted octanol–water partition coefficient (Wildman–Crippen LogP) is 0.862. The minimum absolute atomic E-state index is 0.157. The quantitative estimate of drug-likeness (QED) is 0.448. The molecule has 1 aromatic rings. The van der Waals surface area contributed by atoms with Crippen LogP contribution in [-0.2, 0) is 23.5 Å². The first-order valence-electron chi connectivity index (χ1n) is 9.64. The predicted molar refractivity (Wildman–Crippen MR) is 113 cm³/mol. The number of aromatic nitrogens is 2. The van der Waals surface area contributed by atoms with E-state index < -0.39 is 60.8 Å². The molecule has 0 saturated carbocycles. The van der Waals surface area contributed by atoms with Gasteiger partial charge in [-0.2, -0.15) is 8.42 Å². The van der Waals surface area contributed by atoms with Crippen LogP contribution < -0.4 is 11.2 Å². The lowest BCUT2D eigenvalue weighted by Gasteiger charge is -2.42. The molecule has 172 valence electrons. The second kappa shape index (κ2) is 8.32. The number of aliphatic hydroxyl groups excluding tert-OH is 1. The molecule has 1 aliphatic rings. The number of hydrogen-bond acceptors (Lipinski definition) is 8. The molecule has 0 bridgehead atoms. The molecule has 1 aliphatic heterocycles. The minimum Gasteiger partial charge on any atom is -0.411 e. The normalized spacial score (nSPS) is 25.6. The van der Waals surface area contributed by atoms with Crippen molar-refractivity contribution in [2.75, 3.05) is 19.5 Å². The van der Waals surface area contributed by atoms with E-state index in [2.05, 4.69) is 25.8 Å². The summed E-state index contributed by atoms with van der Waals surface area (Å²) in [6, 6.07) is 0. The van der Waals surface area contributed by atoms with Gasteiger partial charge >= 0.3 is 5.69 Å². The summed E-state index contributed by atoms with van der Waals surface area (Å²) in [4.78, 5) is 26.3. The summed E-state index contributed by atoms with van der Waals surface area (Å²) in [7, 11) is -6.16. The summed E-state index contributed by atoms with van der Waals surface area (Å²) in [6.07, 6.45) is 0.850. The van der Waals surface area contributed by atoms with Crippen molar-refractivity contribution in [3.05, 3.63) is 32.6 Å². The molecule has 2 rings (SSSR count). The van der Waals surface area contributed by atoms with Crippen LogP contribution >= 0.6 is 0 Å². The van der Waals surface area contributed by atoms with Gasteiger partial charge in [0.1, 0.15) is 18.4 Å². The average molecular weight is 465 g/mol. The molecule has 0 amide bonds. The van der Waals surface area contributed by atoms with Gasteiger partial charge in [-0.1, -0.05) is 20.8 Å². The number of aliphatic hydroxyl groups is 1. The van der Waals surface area contributed by atoms with Crippen LogP contribution in [-0.4, -0.2) is 62.6 Å². The number of H-pyrrole nitrogens is 1. The zero-order chi connectivity index (χ0) is 23.1. The van der Waals surface area contributed by atoms with Crippen LogP contribution in [0.15, 0.2) is 15.8 Å². The molecule has 12 heteroatoms. The Labute approximate surface area is 177 Å². The van der Waals surface area contributed by atoms with Crippen molar-refractivity contribution >= 4 is 18.4 Å². The third-order valence-corrected chi connectivity index (χ3v) is 10.9. The highest BCUT2D eigenvalue weighted by Gasteiger charge is 2.54. The molecule has 2 heterocycles. The highest BCUT2D eigenvalue weighted by atomic mass is 32.2. The summed E-state index contributed by atoms with van der Waals surface area (Å²) in [5, 5.41) is 10.0. The molecule has 0 spiro atoms. The second-order valence-electron chi connectivity index (χ2n) is 9.34. The maximum atomic E-state index is 12.4. The molecule has 2 N–H and O–H groups in total. The fraction of sp³-hybridized carbons (Fsp3) is 0.778. The summed E-state index contributed by atoms with van der Waals surface area (Å²) >= 11 is 0. The van der Waals surface area contributed by atoms with E-state index in [1.54, 1.807) is 6.92 Å². The lowest BCUT2D eigenvalue weighted by molar-refractivity contribution is -0.142. The monoisotopic (exact) mass is 464 g/mol. The molecule has 0 radical (unpaired) electrons.